The van der Waals surface area contributed by atoms with Crippen molar-refractivity contribution in [1.29, 1.82) is 0 Å². The lowest BCUT2D eigenvalue weighted by Gasteiger charge is -2.35. The van der Waals surface area contributed by atoms with Crippen molar-refractivity contribution in [1.82, 2.24) is 10.2 Å². The zero-order valence-electron chi connectivity index (χ0n) is 11.3. The summed E-state index contributed by atoms with van der Waals surface area (Å²) in [5.41, 5.74) is 5.65. The zero-order chi connectivity index (χ0) is 13.5. The summed E-state index contributed by atoms with van der Waals surface area (Å²) in [6.45, 7) is 2.89. The van der Waals surface area contributed by atoms with Crippen LogP contribution in [0.3, 0.4) is 0 Å². The minimum absolute atomic E-state index is 0.123. The van der Waals surface area contributed by atoms with Crippen LogP contribution in [0.15, 0.2) is 17.5 Å². The zero-order valence-corrected chi connectivity index (χ0v) is 12.1. The SMILES string of the molecule is NCCC1CCCCN1CC(=O)NCc1cccs1. The Bertz CT molecular complexity index is 378. The van der Waals surface area contributed by atoms with Crippen molar-refractivity contribution < 1.29 is 4.79 Å². The van der Waals surface area contributed by atoms with Gasteiger partial charge in [-0.05, 0) is 43.8 Å². The quantitative estimate of drug-likeness (QED) is 0.832. The highest BCUT2D eigenvalue weighted by Gasteiger charge is 2.23. The van der Waals surface area contributed by atoms with Gasteiger partial charge in [0, 0.05) is 10.9 Å². The van der Waals surface area contributed by atoms with Gasteiger partial charge in [-0.25, -0.2) is 0 Å². The molecule has 1 unspecified atom stereocenters. The van der Waals surface area contributed by atoms with Crippen LogP contribution in [0, 0.1) is 0 Å². The molecule has 1 aromatic heterocycles. The molecule has 2 heterocycles. The molecule has 1 amide bonds. The first-order valence-corrected chi connectivity index (χ1v) is 7.91. The van der Waals surface area contributed by atoms with Crippen molar-refractivity contribution in [3.63, 3.8) is 0 Å². The molecule has 1 aromatic rings. The highest BCUT2D eigenvalue weighted by atomic mass is 32.1. The number of likely N-dealkylation sites (tertiary alicyclic amines) is 1. The van der Waals surface area contributed by atoms with E-state index in [2.05, 4.69) is 10.2 Å². The number of carbonyl (C=O) groups excluding carboxylic acids is 1. The largest absolute Gasteiger partial charge is 0.350 e. The summed E-state index contributed by atoms with van der Waals surface area (Å²) in [6.07, 6.45) is 4.63. The highest BCUT2D eigenvalue weighted by molar-refractivity contribution is 7.09. The molecule has 1 saturated heterocycles. The molecule has 5 heteroatoms. The molecular weight excluding hydrogens is 258 g/mol. The van der Waals surface area contributed by atoms with Gasteiger partial charge in [0.2, 0.25) is 5.91 Å². The Hall–Kier alpha value is -0.910. The summed E-state index contributed by atoms with van der Waals surface area (Å²) < 4.78 is 0. The third-order valence-corrected chi connectivity index (χ3v) is 4.51. The predicted octanol–water partition coefficient (Wildman–Crippen LogP) is 1.57. The van der Waals surface area contributed by atoms with Crippen LogP contribution in [0.25, 0.3) is 0 Å². The highest BCUT2D eigenvalue weighted by Crippen LogP contribution is 2.18. The van der Waals surface area contributed by atoms with Crippen LogP contribution < -0.4 is 11.1 Å². The predicted molar refractivity (Wildman–Crippen MR) is 79.0 cm³/mol. The Morgan fingerprint density at radius 1 is 1.53 bits per heavy atom. The summed E-state index contributed by atoms with van der Waals surface area (Å²) in [7, 11) is 0. The summed E-state index contributed by atoms with van der Waals surface area (Å²) in [5.74, 6) is 0.123. The topological polar surface area (TPSA) is 58.4 Å². The maximum atomic E-state index is 12.0. The minimum Gasteiger partial charge on any atom is -0.350 e. The molecule has 0 aliphatic carbocycles. The molecule has 1 aliphatic rings. The maximum absolute atomic E-state index is 12.0. The third-order valence-electron chi connectivity index (χ3n) is 3.64. The molecule has 1 fully saturated rings. The number of nitrogens with zero attached hydrogens (tertiary/aromatic N) is 1. The Morgan fingerprint density at radius 2 is 2.42 bits per heavy atom. The molecule has 0 spiro atoms. The van der Waals surface area contributed by atoms with Gasteiger partial charge in [-0.2, -0.15) is 0 Å². The minimum atomic E-state index is 0.123. The second kappa shape index (κ2) is 7.62. The fourth-order valence-electron chi connectivity index (χ4n) is 2.63. The van der Waals surface area contributed by atoms with E-state index in [0.717, 1.165) is 13.0 Å². The number of carbonyl (C=O) groups is 1. The molecule has 19 heavy (non-hydrogen) atoms. The van der Waals surface area contributed by atoms with Crippen molar-refractivity contribution in [3.05, 3.63) is 22.4 Å². The second-order valence-corrected chi connectivity index (χ2v) is 6.09. The Labute approximate surface area is 119 Å². The lowest BCUT2D eigenvalue weighted by molar-refractivity contribution is -0.123. The molecule has 3 N–H and O–H groups in total. The van der Waals surface area contributed by atoms with Crippen molar-refractivity contribution in [3.8, 4) is 0 Å². The Kier molecular flexibility index (Phi) is 5.82. The molecule has 1 aliphatic heterocycles. The monoisotopic (exact) mass is 281 g/mol. The first-order valence-electron chi connectivity index (χ1n) is 7.03. The number of nitrogens with one attached hydrogen (secondary N) is 1. The van der Waals surface area contributed by atoms with Crippen molar-refractivity contribution >= 4 is 17.2 Å². The Morgan fingerprint density at radius 3 is 3.16 bits per heavy atom. The van der Waals surface area contributed by atoms with Gasteiger partial charge in [0.05, 0.1) is 13.1 Å². The average molecular weight is 281 g/mol. The van der Waals surface area contributed by atoms with Crippen LogP contribution >= 0.6 is 11.3 Å². The summed E-state index contributed by atoms with van der Waals surface area (Å²) in [6, 6.07) is 4.54. The molecule has 0 bridgehead atoms. The molecule has 106 valence electrons. The molecule has 2 rings (SSSR count). The van der Waals surface area contributed by atoms with E-state index in [9.17, 15) is 4.79 Å². The van der Waals surface area contributed by atoms with Gasteiger partial charge in [0.1, 0.15) is 0 Å². The van der Waals surface area contributed by atoms with Crippen LogP contribution in [0.5, 0.6) is 0 Å². The summed E-state index contributed by atoms with van der Waals surface area (Å²) in [4.78, 5) is 15.5. The number of rotatable bonds is 6. The lowest BCUT2D eigenvalue weighted by Crippen LogP contribution is -2.46. The number of amides is 1. The Balaban J connectivity index is 1.76. The molecule has 0 radical (unpaired) electrons. The van der Waals surface area contributed by atoms with Gasteiger partial charge >= 0.3 is 0 Å². The van der Waals surface area contributed by atoms with Gasteiger partial charge in [0.15, 0.2) is 0 Å². The standard InChI is InChI=1S/C14H23N3OS/c15-7-6-12-4-1-2-8-17(12)11-14(18)16-10-13-5-3-9-19-13/h3,5,9,12H,1-2,4,6-8,10-11,15H2,(H,16,18). The normalized spacial score (nSPS) is 20.4. The van der Waals surface area contributed by atoms with Crippen molar-refractivity contribution in [2.75, 3.05) is 19.6 Å². The van der Waals surface area contributed by atoms with E-state index in [-0.39, 0.29) is 5.91 Å². The smallest absolute Gasteiger partial charge is 0.234 e. The third kappa shape index (κ3) is 4.60. The van der Waals surface area contributed by atoms with Crippen LogP contribution in [-0.4, -0.2) is 36.5 Å². The van der Waals surface area contributed by atoms with E-state index >= 15 is 0 Å². The number of nitrogens with two attached hydrogens (primary N) is 1. The van der Waals surface area contributed by atoms with Crippen molar-refractivity contribution in [2.45, 2.75) is 38.3 Å². The van der Waals surface area contributed by atoms with E-state index in [0.29, 0.717) is 25.7 Å². The maximum Gasteiger partial charge on any atom is 0.234 e. The van der Waals surface area contributed by atoms with Gasteiger partial charge in [-0.3, -0.25) is 9.69 Å². The number of hydrogen-bond donors (Lipinski definition) is 2. The van der Waals surface area contributed by atoms with Crippen LogP contribution in [-0.2, 0) is 11.3 Å². The molecule has 1 atom stereocenters. The summed E-state index contributed by atoms with van der Waals surface area (Å²) >= 11 is 1.67. The van der Waals surface area contributed by atoms with Crippen LogP contribution in [0.1, 0.15) is 30.6 Å². The number of piperidine rings is 1. The van der Waals surface area contributed by atoms with E-state index in [4.69, 9.17) is 5.73 Å². The van der Waals surface area contributed by atoms with Gasteiger partial charge < -0.3 is 11.1 Å². The molecule has 0 saturated carbocycles. The van der Waals surface area contributed by atoms with Gasteiger partial charge in [-0.1, -0.05) is 12.5 Å². The fraction of sp³-hybridized carbons (Fsp3) is 0.643. The van der Waals surface area contributed by atoms with E-state index < -0.39 is 0 Å². The van der Waals surface area contributed by atoms with Gasteiger partial charge in [0.25, 0.3) is 0 Å². The van der Waals surface area contributed by atoms with Crippen molar-refractivity contribution in [2.24, 2.45) is 5.73 Å². The first kappa shape index (κ1) is 14.5. The van der Waals surface area contributed by atoms with E-state index in [1.54, 1.807) is 11.3 Å². The van der Waals surface area contributed by atoms with Crippen LogP contribution in [0.2, 0.25) is 0 Å². The average Bonchev–Trinajstić information content (AvgIpc) is 2.92. The van der Waals surface area contributed by atoms with E-state index in [1.807, 2.05) is 17.5 Å². The molecule has 0 aromatic carbocycles. The summed E-state index contributed by atoms with van der Waals surface area (Å²) in [5, 5.41) is 5.02. The molecule has 4 nitrogen and oxygen atoms in total. The molecular formula is C14H23N3OS. The number of hydrogen-bond acceptors (Lipinski definition) is 4. The second-order valence-electron chi connectivity index (χ2n) is 5.05. The van der Waals surface area contributed by atoms with E-state index in [1.165, 1.54) is 24.1 Å². The number of thiophene rings is 1. The van der Waals surface area contributed by atoms with Crippen LogP contribution in [0.4, 0.5) is 0 Å². The van der Waals surface area contributed by atoms with Gasteiger partial charge in [-0.15, -0.1) is 11.3 Å². The fourth-order valence-corrected chi connectivity index (χ4v) is 3.27. The first-order chi connectivity index (χ1) is 9.29. The lowest BCUT2D eigenvalue weighted by atomic mass is 9.99.